The lowest BCUT2D eigenvalue weighted by Gasteiger charge is -1.93. The van der Waals surface area contributed by atoms with Crippen LogP contribution in [0.4, 0.5) is 0 Å². The van der Waals surface area contributed by atoms with Crippen LogP contribution >= 0.6 is 24.2 Å². The third kappa shape index (κ3) is 1.67. The predicted molar refractivity (Wildman–Crippen MR) is 45.8 cm³/mol. The molecule has 0 radical (unpaired) electrons. The van der Waals surface area contributed by atoms with Gasteiger partial charge in [-0.05, 0) is 6.92 Å². The van der Waals surface area contributed by atoms with Gasteiger partial charge in [-0.25, -0.2) is 0 Å². The van der Waals surface area contributed by atoms with Crippen LogP contribution in [0.3, 0.4) is 0 Å². The summed E-state index contributed by atoms with van der Waals surface area (Å²) < 4.78 is 1.80. The Bertz CT molecular complexity index is 202. The van der Waals surface area contributed by atoms with Gasteiger partial charge in [-0.3, -0.25) is 4.68 Å². The zero-order valence-corrected chi connectivity index (χ0v) is 7.36. The summed E-state index contributed by atoms with van der Waals surface area (Å²) in [7, 11) is 0. The Balaban J connectivity index is 2.77. The molecular weight excluding hydrogens is 168 g/mol. The Kier molecular flexibility index (Phi) is 2.63. The fourth-order valence-corrected chi connectivity index (χ4v) is 1.07. The van der Waals surface area contributed by atoms with E-state index in [2.05, 4.69) is 17.7 Å². The van der Waals surface area contributed by atoms with Crippen LogP contribution in [0.15, 0.2) is 6.20 Å². The molecule has 0 amide bonds. The minimum Gasteiger partial charge on any atom is -0.270 e. The number of aryl methyl sites for hydroxylation is 2. The summed E-state index contributed by atoms with van der Waals surface area (Å²) in [6, 6.07) is 0. The predicted octanol–water partition coefficient (Wildman–Crippen LogP) is 1.77. The van der Waals surface area contributed by atoms with E-state index in [0.29, 0.717) is 0 Å². The Morgan fingerprint density at radius 2 is 2.50 bits per heavy atom. The summed E-state index contributed by atoms with van der Waals surface area (Å²) in [6.07, 6.45) is 1.81. The Hall–Kier alpha value is -0.150. The zero-order chi connectivity index (χ0) is 7.56. The topological polar surface area (TPSA) is 17.8 Å². The van der Waals surface area contributed by atoms with Crippen LogP contribution in [0.2, 0.25) is 5.02 Å². The molecular formula is C6H9ClN2S. The van der Waals surface area contributed by atoms with Crippen molar-refractivity contribution in [3.8, 4) is 0 Å². The van der Waals surface area contributed by atoms with Gasteiger partial charge in [0.15, 0.2) is 0 Å². The average Bonchev–Trinajstić information content (AvgIpc) is 2.14. The zero-order valence-electron chi connectivity index (χ0n) is 5.71. The molecule has 0 aliphatic carbocycles. The number of aromatic nitrogens is 2. The van der Waals surface area contributed by atoms with Crippen molar-refractivity contribution in [1.82, 2.24) is 9.78 Å². The van der Waals surface area contributed by atoms with Crippen molar-refractivity contribution >= 4 is 24.2 Å². The first-order valence-electron chi connectivity index (χ1n) is 3.04. The summed E-state index contributed by atoms with van der Waals surface area (Å²) in [5.74, 6) is 0.789. The van der Waals surface area contributed by atoms with Gasteiger partial charge in [0, 0.05) is 18.5 Å². The van der Waals surface area contributed by atoms with Gasteiger partial charge in [-0.15, -0.1) is 0 Å². The highest BCUT2D eigenvalue weighted by atomic mass is 35.5. The van der Waals surface area contributed by atoms with E-state index in [1.54, 1.807) is 4.68 Å². The number of halogens is 1. The number of hydrogen-bond donors (Lipinski definition) is 1. The number of rotatable bonds is 2. The molecule has 0 N–H and O–H groups in total. The molecule has 0 unspecified atom stereocenters. The lowest BCUT2D eigenvalue weighted by atomic mass is 10.5. The standard InChI is InChI=1S/C6H9ClN2S/c1-5-6(7)4-9(8-5)2-3-10/h4,10H,2-3H2,1H3. The molecule has 0 aromatic carbocycles. The molecule has 0 spiro atoms. The minimum atomic E-state index is 0.724. The molecule has 0 bridgehead atoms. The highest BCUT2D eigenvalue weighted by Crippen LogP contribution is 2.11. The van der Waals surface area contributed by atoms with E-state index in [9.17, 15) is 0 Å². The van der Waals surface area contributed by atoms with Crippen molar-refractivity contribution in [3.63, 3.8) is 0 Å². The number of hydrogen-bond acceptors (Lipinski definition) is 2. The fourth-order valence-electron chi connectivity index (χ4n) is 0.711. The third-order valence-corrected chi connectivity index (χ3v) is 1.79. The van der Waals surface area contributed by atoms with E-state index in [1.165, 1.54) is 0 Å². The smallest absolute Gasteiger partial charge is 0.0814 e. The van der Waals surface area contributed by atoms with Crippen LogP contribution in [0, 0.1) is 6.92 Å². The third-order valence-electron chi connectivity index (χ3n) is 1.22. The SMILES string of the molecule is Cc1nn(CCS)cc1Cl. The quantitative estimate of drug-likeness (QED) is 0.681. The molecule has 1 aromatic rings. The second kappa shape index (κ2) is 3.30. The molecule has 0 saturated heterocycles. The molecule has 0 atom stereocenters. The first-order chi connectivity index (χ1) is 4.74. The minimum absolute atomic E-state index is 0.724. The van der Waals surface area contributed by atoms with Crippen molar-refractivity contribution in [2.45, 2.75) is 13.5 Å². The molecule has 0 fully saturated rings. The van der Waals surface area contributed by atoms with Gasteiger partial charge in [0.25, 0.3) is 0 Å². The normalized spacial score (nSPS) is 10.3. The van der Waals surface area contributed by atoms with E-state index in [0.717, 1.165) is 23.0 Å². The van der Waals surface area contributed by atoms with Gasteiger partial charge in [-0.1, -0.05) is 11.6 Å². The maximum absolute atomic E-state index is 5.76. The van der Waals surface area contributed by atoms with E-state index in [1.807, 2.05) is 13.1 Å². The molecule has 4 heteroatoms. The second-order valence-corrected chi connectivity index (χ2v) is 2.90. The summed E-state index contributed by atoms with van der Waals surface area (Å²) in [6.45, 7) is 2.70. The maximum atomic E-state index is 5.76. The first-order valence-corrected chi connectivity index (χ1v) is 4.05. The Morgan fingerprint density at radius 3 is 2.90 bits per heavy atom. The van der Waals surface area contributed by atoms with Crippen molar-refractivity contribution in [3.05, 3.63) is 16.9 Å². The lowest BCUT2D eigenvalue weighted by molar-refractivity contribution is 0.661. The molecule has 10 heavy (non-hydrogen) atoms. The van der Waals surface area contributed by atoms with Crippen molar-refractivity contribution < 1.29 is 0 Å². The van der Waals surface area contributed by atoms with Gasteiger partial charge >= 0.3 is 0 Å². The molecule has 2 nitrogen and oxygen atoms in total. The summed E-state index contributed by atoms with van der Waals surface area (Å²) >= 11 is 9.83. The molecule has 56 valence electrons. The monoisotopic (exact) mass is 176 g/mol. The van der Waals surface area contributed by atoms with Gasteiger partial charge in [0.2, 0.25) is 0 Å². The number of nitrogens with zero attached hydrogens (tertiary/aromatic N) is 2. The molecule has 1 rings (SSSR count). The van der Waals surface area contributed by atoms with Crippen LogP contribution in [-0.2, 0) is 6.54 Å². The maximum Gasteiger partial charge on any atom is 0.0814 e. The van der Waals surface area contributed by atoms with Crippen molar-refractivity contribution in [1.29, 1.82) is 0 Å². The lowest BCUT2D eigenvalue weighted by Crippen LogP contribution is -1.99. The Labute approximate surface area is 70.6 Å². The molecule has 0 aliphatic rings. The fraction of sp³-hybridized carbons (Fsp3) is 0.500. The van der Waals surface area contributed by atoms with Crippen molar-refractivity contribution in [2.24, 2.45) is 0 Å². The van der Waals surface area contributed by atoms with Gasteiger partial charge in [0.05, 0.1) is 10.7 Å². The van der Waals surface area contributed by atoms with Crippen LogP contribution in [0.1, 0.15) is 5.69 Å². The van der Waals surface area contributed by atoms with Crippen molar-refractivity contribution in [2.75, 3.05) is 5.75 Å². The molecule has 1 heterocycles. The first kappa shape index (κ1) is 7.95. The highest BCUT2D eigenvalue weighted by molar-refractivity contribution is 7.80. The summed E-state index contributed by atoms with van der Waals surface area (Å²) in [4.78, 5) is 0. The number of thiol groups is 1. The summed E-state index contributed by atoms with van der Waals surface area (Å²) in [5, 5.41) is 4.86. The van der Waals surface area contributed by atoms with Crippen LogP contribution in [0.25, 0.3) is 0 Å². The van der Waals surface area contributed by atoms with E-state index < -0.39 is 0 Å². The van der Waals surface area contributed by atoms with E-state index in [4.69, 9.17) is 11.6 Å². The van der Waals surface area contributed by atoms with E-state index in [-0.39, 0.29) is 0 Å². The van der Waals surface area contributed by atoms with Gasteiger partial charge < -0.3 is 0 Å². The summed E-state index contributed by atoms with van der Waals surface area (Å²) in [5.41, 5.74) is 0.878. The second-order valence-electron chi connectivity index (χ2n) is 2.05. The van der Waals surface area contributed by atoms with Crippen LogP contribution < -0.4 is 0 Å². The molecule has 1 aromatic heterocycles. The van der Waals surface area contributed by atoms with Crippen LogP contribution in [-0.4, -0.2) is 15.5 Å². The highest BCUT2D eigenvalue weighted by Gasteiger charge is 1.99. The average molecular weight is 177 g/mol. The molecule has 0 saturated carbocycles. The Morgan fingerprint density at radius 1 is 1.80 bits per heavy atom. The molecule has 0 aliphatic heterocycles. The largest absolute Gasteiger partial charge is 0.270 e. The van der Waals surface area contributed by atoms with Gasteiger partial charge in [0.1, 0.15) is 0 Å². The van der Waals surface area contributed by atoms with Gasteiger partial charge in [-0.2, -0.15) is 17.7 Å². The van der Waals surface area contributed by atoms with Crippen LogP contribution in [0.5, 0.6) is 0 Å². The van der Waals surface area contributed by atoms with E-state index >= 15 is 0 Å².